The summed E-state index contributed by atoms with van der Waals surface area (Å²) in [5, 5.41) is 3.99. The van der Waals surface area contributed by atoms with E-state index in [0.717, 1.165) is 5.69 Å². The maximum atomic E-state index is 6.10. The van der Waals surface area contributed by atoms with E-state index in [-0.39, 0.29) is 5.54 Å². The van der Waals surface area contributed by atoms with E-state index >= 15 is 0 Å². The van der Waals surface area contributed by atoms with Crippen LogP contribution >= 0.6 is 11.6 Å². The molecular formula is C13H21ClN2O2. The molecule has 1 rings (SSSR count). The Bertz CT molecular complexity index is 378. The van der Waals surface area contributed by atoms with Gasteiger partial charge in [0.05, 0.1) is 17.3 Å². The highest BCUT2D eigenvalue weighted by atomic mass is 35.5. The third-order valence-corrected chi connectivity index (χ3v) is 2.56. The molecule has 0 unspecified atom stereocenters. The molecule has 0 aromatic carbocycles. The third-order valence-electron chi connectivity index (χ3n) is 2.22. The van der Waals surface area contributed by atoms with E-state index in [9.17, 15) is 0 Å². The molecule has 1 aromatic rings. The van der Waals surface area contributed by atoms with Crippen LogP contribution in [0.2, 0.25) is 5.02 Å². The molecule has 0 aliphatic heterocycles. The Morgan fingerprint density at radius 3 is 2.61 bits per heavy atom. The normalized spacial score (nSPS) is 11.6. The molecule has 1 N–H and O–H groups in total. The van der Waals surface area contributed by atoms with Gasteiger partial charge in [0.1, 0.15) is 6.61 Å². The molecule has 0 amide bonds. The lowest BCUT2D eigenvalue weighted by Crippen LogP contribution is -2.35. The van der Waals surface area contributed by atoms with Gasteiger partial charge in [0.25, 0.3) is 0 Å². The number of hydrogen-bond donors (Lipinski definition) is 1. The minimum absolute atomic E-state index is 0.0257. The maximum Gasteiger partial charge on any atom is 0.213 e. The lowest BCUT2D eigenvalue weighted by atomic mass is 10.1. The number of ether oxygens (including phenoxy) is 2. The molecule has 102 valence electrons. The molecule has 1 aromatic heterocycles. The average molecular weight is 273 g/mol. The Labute approximate surface area is 114 Å². The van der Waals surface area contributed by atoms with Gasteiger partial charge in [-0.25, -0.2) is 4.98 Å². The van der Waals surface area contributed by atoms with Gasteiger partial charge in [0.2, 0.25) is 5.88 Å². The van der Waals surface area contributed by atoms with Crippen molar-refractivity contribution in [3.8, 4) is 5.88 Å². The van der Waals surface area contributed by atoms with E-state index < -0.39 is 0 Å². The summed E-state index contributed by atoms with van der Waals surface area (Å²) in [6.07, 6.45) is 0. The fourth-order valence-electron chi connectivity index (χ4n) is 1.25. The Kier molecular flexibility index (Phi) is 5.85. The molecule has 5 heteroatoms. The van der Waals surface area contributed by atoms with Crippen molar-refractivity contribution in [2.75, 3.05) is 20.3 Å². The van der Waals surface area contributed by atoms with Crippen molar-refractivity contribution < 1.29 is 9.47 Å². The van der Waals surface area contributed by atoms with Gasteiger partial charge >= 0.3 is 0 Å². The van der Waals surface area contributed by atoms with Gasteiger partial charge in [-0.05, 0) is 26.8 Å². The molecule has 0 radical (unpaired) electrons. The Balaban J connectivity index is 2.63. The molecule has 0 aliphatic carbocycles. The van der Waals surface area contributed by atoms with Crippen LogP contribution in [-0.4, -0.2) is 30.8 Å². The summed E-state index contributed by atoms with van der Waals surface area (Å²) in [5.74, 6) is 0.571. The highest BCUT2D eigenvalue weighted by Crippen LogP contribution is 2.18. The number of rotatable bonds is 6. The first-order valence-corrected chi connectivity index (χ1v) is 6.32. The molecule has 0 atom stereocenters. The number of aromatic nitrogens is 1. The first kappa shape index (κ1) is 15.2. The summed E-state index contributed by atoms with van der Waals surface area (Å²) in [4.78, 5) is 4.37. The van der Waals surface area contributed by atoms with Gasteiger partial charge in [0.15, 0.2) is 0 Å². The molecule has 4 nitrogen and oxygen atoms in total. The van der Waals surface area contributed by atoms with E-state index in [2.05, 4.69) is 31.1 Å². The molecule has 0 spiro atoms. The van der Waals surface area contributed by atoms with Gasteiger partial charge in [0, 0.05) is 25.3 Å². The van der Waals surface area contributed by atoms with Crippen molar-refractivity contribution in [2.45, 2.75) is 32.9 Å². The summed E-state index contributed by atoms with van der Waals surface area (Å²) in [6.45, 7) is 7.93. The van der Waals surface area contributed by atoms with Crippen molar-refractivity contribution in [1.29, 1.82) is 0 Å². The second-order valence-corrected chi connectivity index (χ2v) is 5.43. The molecule has 0 fully saturated rings. The van der Waals surface area contributed by atoms with Gasteiger partial charge in [-0.15, -0.1) is 0 Å². The van der Waals surface area contributed by atoms with Gasteiger partial charge in [-0.3, -0.25) is 0 Å². The molecular weight excluding hydrogens is 252 g/mol. The van der Waals surface area contributed by atoms with Crippen LogP contribution in [0.15, 0.2) is 12.1 Å². The zero-order valence-electron chi connectivity index (χ0n) is 11.4. The molecule has 0 bridgehead atoms. The minimum Gasteiger partial charge on any atom is -0.475 e. The lowest BCUT2D eigenvalue weighted by Gasteiger charge is -2.20. The van der Waals surface area contributed by atoms with Crippen LogP contribution in [0.4, 0.5) is 0 Å². The topological polar surface area (TPSA) is 43.4 Å². The first-order chi connectivity index (χ1) is 8.42. The molecule has 0 saturated heterocycles. The predicted octanol–water partition coefficient (Wildman–Crippen LogP) is 2.65. The highest BCUT2D eigenvalue weighted by molar-refractivity contribution is 6.31. The number of nitrogens with zero attached hydrogens (tertiary/aromatic N) is 1. The average Bonchev–Trinajstić information content (AvgIpc) is 2.29. The first-order valence-electron chi connectivity index (χ1n) is 5.94. The zero-order chi connectivity index (χ0) is 13.6. The van der Waals surface area contributed by atoms with E-state index in [1.54, 1.807) is 19.2 Å². The largest absolute Gasteiger partial charge is 0.475 e. The van der Waals surface area contributed by atoms with E-state index in [4.69, 9.17) is 21.1 Å². The van der Waals surface area contributed by atoms with Crippen LogP contribution in [0, 0.1) is 0 Å². The van der Waals surface area contributed by atoms with Crippen molar-refractivity contribution in [2.24, 2.45) is 0 Å². The fourth-order valence-corrected chi connectivity index (χ4v) is 1.42. The lowest BCUT2D eigenvalue weighted by molar-refractivity contribution is 0.143. The smallest absolute Gasteiger partial charge is 0.213 e. The van der Waals surface area contributed by atoms with Gasteiger partial charge in [-0.2, -0.15) is 0 Å². The highest BCUT2D eigenvalue weighted by Gasteiger charge is 2.11. The second kappa shape index (κ2) is 6.92. The Morgan fingerprint density at radius 1 is 1.28 bits per heavy atom. The van der Waals surface area contributed by atoms with Crippen LogP contribution in [0.1, 0.15) is 26.5 Å². The molecule has 0 aliphatic rings. The summed E-state index contributed by atoms with van der Waals surface area (Å²) in [7, 11) is 1.64. The number of hydrogen-bond acceptors (Lipinski definition) is 4. The third kappa shape index (κ3) is 5.67. The summed E-state index contributed by atoms with van der Waals surface area (Å²) in [6, 6.07) is 3.56. The Morgan fingerprint density at radius 2 is 2.00 bits per heavy atom. The van der Waals surface area contributed by atoms with Crippen molar-refractivity contribution in [1.82, 2.24) is 10.3 Å². The maximum absolute atomic E-state index is 6.10. The van der Waals surface area contributed by atoms with Gasteiger partial charge < -0.3 is 14.8 Å². The van der Waals surface area contributed by atoms with Crippen LogP contribution in [0.25, 0.3) is 0 Å². The minimum atomic E-state index is 0.0257. The number of halogens is 1. The predicted molar refractivity (Wildman–Crippen MR) is 73.2 cm³/mol. The summed E-state index contributed by atoms with van der Waals surface area (Å²) >= 11 is 6.10. The fraction of sp³-hybridized carbons (Fsp3) is 0.615. The van der Waals surface area contributed by atoms with E-state index in [1.807, 2.05) is 0 Å². The summed E-state index contributed by atoms with van der Waals surface area (Å²) in [5.41, 5.74) is 0.819. The molecule has 0 saturated carbocycles. The van der Waals surface area contributed by atoms with Crippen LogP contribution in [-0.2, 0) is 11.3 Å². The number of pyridine rings is 1. The molecule has 1 heterocycles. The standard InChI is InChI=1S/C13H21ClN2O2/c1-13(2,3)15-9-11-10(14)5-6-12(16-11)18-8-7-17-4/h5-6,15H,7-9H2,1-4H3. The van der Waals surface area contributed by atoms with Crippen LogP contribution < -0.4 is 10.1 Å². The Hall–Kier alpha value is -0.840. The van der Waals surface area contributed by atoms with E-state index in [0.29, 0.717) is 30.7 Å². The zero-order valence-corrected chi connectivity index (χ0v) is 12.2. The van der Waals surface area contributed by atoms with Crippen molar-refractivity contribution >= 4 is 11.6 Å². The van der Waals surface area contributed by atoms with Crippen molar-refractivity contribution in [3.05, 3.63) is 22.8 Å². The quantitative estimate of drug-likeness (QED) is 0.809. The monoisotopic (exact) mass is 272 g/mol. The number of methoxy groups -OCH3 is 1. The van der Waals surface area contributed by atoms with Crippen LogP contribution in [0.5, 0.6) is 5.88 Å². The number of nitrogens with one attached hydrogen (secondary N) is 1. The molecule has 18 heavy (non-hydrogen) atoms. The van der Waals surface area contributed by atoms with Crippen LogP contribution in [0.3, 0.4) is 0 Å². The van der Waals surface area contributed by atoms with Gasteiger partial charge in [-0.1, -0.05) is 11.6 Å². The van der Waals surface area contributed by atoms with E-state index in [1.165, 1.54) is 0 Å². The SMILES string of the molecule is COCCOc1ccc(Cl)c(CNC(C)(C)C)n1. The van der Waals surface area contributed by atoms with Crippen molar-refractivity contribution in [3.63, 3.8) is 0 Å². The summed E-state index contributed by atoms with van der Waals surface area (Å²) < 4.78 is 10.4. The second-order valence-electron chi connectivity index (χ2n) is 5.02.